The number of aromatic amines is 1. The summed E-state index contributed by atoms with van der Waals surface area (Å²) < 4.78 is 67.9. The van der Waals surface area contributed by atoms with Crippen molar-refractivity contribution in [2.75, 3.05) is 27.2 Å². The first-order valence-electron chi connectivity index (χ1n) is 22.8. The number of nitrogens with one attached hydrogen (secondary N) is 1. The van der Waals surface area contributed by atoms with Gasteiger partial charge < -0.3 is 59.9 Å². The monoisotopic (exact) mass is 1010 g/mol. The molecular formula is C42H67N5O21S. The summed E-state index contributed by atoms with van der Waals surface area (Å²) in [6, 6.07) is -2.88. The van der Waals surface area contributed by atoms with Gasteiger partial charge in [0.1, 0.15) is 54.9 Å². The molecule has 0 spiro atoms. The summed E-state index contributed by atoms with van der Waals surface area (Å²) in [6.45, 7) is 4.77. The van der Waals surface area contributed by atoms with Crippen molar-refractivity contribution < 1.29 is 90.3 Å². The molecule has 0 radical (unpaired) electrons. The summed E-state index contributed by atoms with van der Waals surface area (Å²) in [5, 5.41) is 53.4. The Morgan fingerprint density at radius 2 is 1.52 bits per heavy atom. The van der Waals surface area contributed by atoms with E-state index in [1.807, 2.05) is 4.98 Å². The van der Waals surface area contributed by atoms with Crippen molar-refractivity contribution in [3.05, 3.63) is 33.1 Å². The SMILES string of the molecule is CC(C)CCCCCCCCC(CC(=O)OC1CN(C)C(C(OC2OC(CN)C(O)C2OS(=O)(=O)O)C2OC(n3ccc(=O)[nH]c3=O)C(O)C2O)C(=O)N(C)C1C(=O)O)OC(=O)CC(C)CC(=O)O. The van der Waals surface area contributed by atoms with Crippen molar-refractivity contribution in [1.82, 2.24) is 19.4 Å². The molecule has 14 atom stereocenters. The lowest BCUT2D eigenvalue weighted by atomic mass is 9.97. The number of hydrogen-bond acceptors (Lipinski definition) is 20. The van der Waals surface area contributed by atoms with Gasteiger partial charge in [-0.25, -0.2) is 13.8 Å². The van der Waals surface area contributed by atoms with Gasteiger partial charge in [0.05, 0.1) is 6.42 Å². The zero-order valence-corrected chi connectivity index (χ0v) is 40.0. The Bertz CT molecular complexity index is 2140. The average molecular weight is 1010 g/mol. The van der Waals surface area contributed by atoms with Crippen LogP contribution >= 0.6 is 0 Å². The molecule has 4 rings (SSSR count). The van der Waals surface area contributed by atoms with E-state index in [0.29, 0.717) is 21.8 Å². The molecule has 1 aromatic rings. The minimum atomic E-state index is -5.37. The van der Waals surface area contributed by atoms with Crippen LogP contribution < -0.4 is 17.0 Å². The smallest absolute Gasteiger partial charge is 0.397 e. The second-order valence-electron chi connectivity index (χ2n) is 18.3. The summed E-state index contributed by atoms with van der Waals surface area (Å²) in [5.41, 5.74) is 3.79. The Morgan fingerprint density at radius 3 is 2.10 bits per heavy atom. The Morgan fingerprint density at radius 1 is 0.884 bits per heavy atom. The Kier molecular flexibility index (Phi) is 21.2. The van der Waals surface area contributed by atoms with Crippen molar-refractivity contribution in [1.29, 1.82) is 0 Å². The quantitative estimate of drug-likeness (QED) is 0.0297. The normalized spacial score (nSPS) is 29.1. The number of aliphatic hydroxyl groups excluding tert-OH is 3. The van der Waals surface area contributed by atoms with Crippen LogP contribution in [-0.2, 0) is 62.2 Å². The van der Waals surface area contributed by atoms with E-state index in [0.717, 1.165) is 62.7 Å². The molecule has 0 saturated carbocycles. The second kappa shape index (κ2) is 25.6. The van der Waals surface area contributed by atoms with Crippen molar-refractivity contribution in [2.45, 2.75) is 171 Å². The van der Waals surface area contributed by atoms with E-state index in [1.54, 1.807) is 6.92 Å². The van der Waals surface area contributed by atoms with E-state index < -0.39 is 156 Å². The summed E-state index contributed by atoms with van der Waals surface area (Å²) >= 11 is 0. The zero-order valence-electron chi connectivity index (χ0n) is 39.1. The molecule has 4 heterocycles. The third kappa shape index (κ3) is 16.0. The molecule has 0 aromatic carbocycles. The number of H-pyrrole nitrogens is 1. The Balaban J connectivity index is 1.66. The molecule has 26 nitrogen and oxygen atoms in total. The molecule has 3 aliphatic rings. The van der Waals surface area contributed by atoms with Gasteiger partial charge in [0, 0.05) is 45.2 Å². The highest BCUT2D eigenvalue weighted by Gasteiger charge is 2.58. The van der Waals surface area contributed by atoms with Gasteiger partial charge in [-0.1, -0.05) is 59.3 Å². The van der Waals surface area contributed by atoms with Crippen molar-refractivity contribution >= 4 is 40.2 Å². The number of likely N-dealkylation sites (N-methyl/N-ethyl adjacent to an activating group) is 2. The average Bonchev–Trinajstić information content (AvgIpc) is 3.65. The van der Waals surface area contributed by atoms with Crippen LogP contribution in [0.3, 0.4) is 0 Å². The number of hydrogen-bond donors (Lipinski definition) is 8. The highest BCUT2D eigenvalue weighted by molar-refractivity contribution is 7.80. The van der Waals surface area contributed by atoms with Crippen molar-refractivity contribution in [3.63, 3.8) is 0 Å². The number of amides is 1. The van der Waals surface area contributed by atoms with E-state index in [4.69, 9.17) is 29.4 Å². The number of carbonyl (C=O) groups excluding carboxylic acids is 3. The molecule has 9 N–H and O–H groups in total. The highest BCUT2D eigenvalue weighted by Crippen LogP contribution is 2.37. The molecule has 3 aliphatic heterocycles. The van der Waals surface area contributed by atoms with Gasteiger partial charge in [-0.3, -0.25) is 43.0 Å². The number of ether oxygens (including phenoxy) is 5. The molecular weight excluding hydrogens is 943 g/mol. The maximum atomic E-state index is 14.6. The van der Waals surface area contributed by atoms with Crippen LogP contribution in [0.25, 0.3) is 0 Å². The first kappa shape index (κ1) is 57.2. The number of carboxylic acids is 2. The fourth-order valence-electron chi connectivity index (χ4n) is 8.78. The van der Waals surface area contributed by atoms with Gasteiger partial charge >= 0.3 is 40.0 Å². The van der Waals surface area contributed by atoms with Crippen LogP contribution in [0.1, 0.15) is 97.6 Å². The van der Waals surface area contributed by atoms with Gasteiger partial charge in [-0.15, -0.1) is 0 Å². The van der Waals surface area contributed by atoms with Crippen molar-refractivity contribution in [3.8, 4) is 0 Å². The number of unbranched alkanes of at least 4 members (excludes halogenated alkanes) is 5. The molecule has 3 saturated heterocycles. The molecule has 0 bridgehead atoms. The third-order valence-electron chi connectivity index (χ3n) is 12.2. The molecule has 0 aliphatic carbocycles. The first-order chi connectivity index (χ1) is 32.3. The highest BCUT2D eigenvalue weighted by atomic mass is 32.3. The van der Waals surface area contributed by atoms with E-state index in [2.05, 4.69) is 18.0 Å². The van der Waals surface area contributed by atoms with Gasteiger partial charge in [-0.2, -0.15) is 8.42 Å². The van der Waals surface area contributed by atoms with Crippen LogP contribution in [0.5, 0.6) is 0 Å². The summed E-state index contributed by atoms with van der Waals surface area (Å²) in [4.78, 5) is 94.1. The fourth-order valence-corrected chi connectivity index (χ4v) is 9.26. The minimum Gasteiger partial charge on any atom is -0.481 e. The predicted octanol–water partition coefficient (Wildman–Crippen LogP) is -1.51. The number of aliphatic hydroxyl groups is 3. The number of carboxylic acid groups (broad SMARTS) is 2. The lowest BCUT2D eigenvalue weighted by molar-refractivity contribution is -0.230. The molecule has 14 unspecified atom stereocenters. The molecule has 1 amide bonds. The number of aromatic nitrogens is 2. The molecule has 1 aromatic heterocycles. The molecule has 27 heteroatoms. The van der Waals surface area contributed by atoms with Crippen LogP contribution in [0, 0.1) is 11.8 Å². The number of rotatable bonds is 26. The maximum absolute atomic E-state index is 14.6. The van der Waals surface area contributed by atoms with Crippen LogP contribution in [0.4, 0.5) is 0 Å². The summed E-state index contributed by atoms with van der Waals surface area (Å²) in [7, 11) is -3.06. The van der Waals surface area contributed by atoms with E-state index in [1.165, 1.54) is 7.05 Å². The topological polar surface area (TPSA) is 384 Å². The lowest BCUT2D eigenvalue weighted by Gasteiger charge is -2.38. The van der Waals surface area contributed by atoms with Gasteiger partial charge in [-0.05, 0) is 31.7 Å². The lowest BCUT2D eigenvalue weighted by Crippen LogP contribution is -2.60. The fraction of sp³-hybridized carbons (Fsp3) is 0.786. The largest absolute Gasteiger partial charge is 0.481 e. The summed E-state index contributed by atoms with van der Waals surface area (Å²) in [6.07, 6.45) is -13.7. The number of esters is 2. The second-order valence-corrected chi connectivity index (χ2v) is 19.4. The van der Waals surface area contributed by atoms with Gasteiger partial charge in [0.2, 0.25) is 5.91 Å². The first-order valence-corrected chi connectivity index (χ1v) is 24.2. The summed E-state index contributed by atoms with van der Waals surface area (Å²) in [5.74, 6) is -5.68. The van der Waals surface area contributed by atoms with Gasteiger partial charge in [0.15, 0.2) is 24.7 Å². The molecule has 3 fully saturated rings. The minimum absolute atomic E-state index is 0.208. The van der Waals surface area contributed by atoms with E-state index in [9.17, 15) is 72.1 Å². The van der Waals surface area contributed by atoms with Crippen LogP contribution in [0.15, 0.2) is 21.9 Å². The Hall–Kier alpha value is -4.42. The number of nitrogens with zero attached hydrogens (tertiary/aromatic N) is 3. The number of carbonyl (C=O) groups is 5. The number of nitrogens with two attached hydrogens (primary N) is 1. The van der Waals surface area contributed by atoms with Crippen LogP contribution in [-0.4, -0.2) is 188 Å². The molecule has 392 valence electrons. The zero-order chi connectivity index (χ0) is 51.5. The van der Waals surface area contributed by atoms with Crippen LogP contribution in [0.2, 0.25) is 0 Å². The predicted molar refractivity (Wildman–Crippen MR) is 235 cm³/mol. The van der Waals surface area contributed by atoms with E-state index >= 15 is 0 Å². The third-order valence-corrected chi connectivity index (χ3v) is 12.7. The molecule has 69 heavy (non-hydrogen) atoms. The van der Waals surface area contributed by atoms with Gasteiger partial charge in [0.25, 0.3) is 5.56 Å². The van der Waals surface area contributed by atoms with Crippen molar-refractivity contribution in [2.24, 2.45) is 17.6 Å². The maximum Gasteiger partial charge on any atom is 0.397 e. The standard InChI is InChI=1S/C42H67N5O21S/c1-21(2)12-10-8-6-7-9-11-13-23(63-28(51)17-22(3)16-27(49)50)18-29(52)64-25-20-45(4)31(38(56)46(5)30(25)40(57)58)35(67-41-37(68-69(60,61)62)32(53)24(19-43)65-41)36-33(54)34(55)39(66-36)47-15-14-26(48)44-42(47)59/h14-15,21-25,30-37,39,41,53-55H,6-13,16-20,43H2,1-5H3,(H,49,50)(H,57,58)(H,44,48,59)(H,60,61,62). The van der Waals surface area contributed by atoms with E-state index in [-0.39, 0.29) is 19.3 Å². The number of aliphatic carboxylic acids is 2. The Labute approximate surface area is 397 Å².